The van der Waals surface area contributed by atoms with Crippen molar-refractivity contribution in [2.45, 2.75) is 46.6 Å². The van der Waals surface area contributed by atoms with Crippen molar-refractivity contribution in [1.29, 1.82) is 0 Å². The maximum absolute atomic E-state index is 13.6. The number of anilines is 1. The summed E-state index contributed by atoms with van der Waals surface area (Å²) in [5, 5.41) is 4.84. The van der Waals surface area contributed by atoms with E-state index in [4.69, 9.17) is 31.0 Å². The van der Waals surface area contributed by atoms with Gasteiger partial charge in [-0.05, 0) is 66.4 Å². The smallest absolute Gasteiger partial charge is 0.161 e. The molecule has 0 saturated carbocycles. The molecule has 1 atom stereocenters. The molecule has 3 aromatic rings. The van der Waals surface area contributed by atoms with Gasteiger partial charge in [0, 0.05) is 39.1 Å². The third kappa shape index (κ3) is 8.94. The average Bonchev–Trinajstić information content (AvgIpc) is 2.90. The van der Waals surface area contributed by atoms with E-state index in [1.165, 1.54) is 11.6 Å². The Kier molecular flexibility index (Phi) is 15.5. The van der Waals surface area contributed by atoms with Crippen LogP contribution < -0.4 is 19.9 Å². The Morgan fingerprint density at radius 1 is 0.974 bits per heavy atom. The van der Waals surface area contributed by atoms with Gasteiger partial charge < -0.3 is 31.0 Å². The van der Waals surface area contributed by atoms with E-state index < -0.39 is 0 Å². The van der Waals surface area contributed by atoms with E-state index in [0.29, 0.717) is 42.5 Å². The predicted molar refractivity (Wildman–Crippen MR) is 151 cm³/mol. The van der Waals surface area contributed by atoms with Gasteiger partial charge >= 0.3 is 0 Å². The standard InChI is InChI=1S/C26H28FN2O3.C2H6N.C2H6.Y/c1-16-12-19(27)5-6-20(16)26-21-15-25(24(31-3)14-18(21)8-10-29-26)32-11-9-17-4-7-22(28)23(13-17)30-2;1-2-3;1-2;/h4-7,12-15,26H,8-11,28H2,1-3H3;3H,2H2,1H3;1-2H3;/q2*-1;;. The number of hydrogen-bond acceptors (Lipinski definition) is 4. The van der Waals surface area contributed by atoms with E-state index in [1.807, 2.05) is 57.2 Å². The van der Waals surface area contributed by atoms with Gasteiger partial charge in [0.1, 0.15) is 11.6 Å². The molecule has 0 aliphatic carbocycles. The van der Waals surface area contributed by atoms with Crippen molar-refractivity contribution in [3.8, 4) is 17.2 Å². The fourth-order valence-electron chi connectivity index (χ4n) is 4.18. The topological polar surface area (TPSA) is 91.6 Å². The number of benzene rings is 3. The van der Waals surface area contributed by atoms with Gasteiger partial charge in [-0.2, -0.15) is 6.54 Å². The van der Waals surface area contributed by atoms with Gasteiger partial charge in [-0.15, -0.1) is 6.54 Å². The van der Waals surface area contributed by atoms with Gasteiger partial charge in [-0.25, -0.2) is 4.39 Å². The summed E-state index contributed by atoms with van der Waals surface area (Å²) in [6.45, 7) is 9.40. The molecule has 0 aromatic heterocycles. The number of hydrogen-bond donors (Lipinski definition) is 1. The van der Waals surface area contributed by atoms with Gasteiger partial charge in [-0.1, -0.05) is 50.1 Å². The van der Waals surface area contributed by atoms with Crippen LogP contribution in [0.15, 0.2) is 48.5 Å². The van der Waals surface area contributed by atoms with Crippen LogP contribution in [0.4, 0.5) is 10.1 Å². The van der Waals surface area contributed by atoms with Crippen LogP contribution in [0.1, 0.15) is 54.6 Å². The van der Waals surface area contributed by atoms with Crippen molar-refractivity contribution >= 4 is 5.69 Å². The Morgan fingerprint density at radius 2 is 1.66 bits per heavy atom. The Hall–Kier alpha value is -2.19. The number of nitrogen functional groups attached to an aromatic ring is 1. The van der Waals surface area contributed by atoms with Crippen LogP contribution in [-0.4, -0.2) is 33.9 Å². The summed E-state index contributed by atoms with van der Waals surface area (Å²) in [6.07, 6.45) is 1.54. The normalized spacial score (nSPS) is 13.4. The first-order valence-corrected chi connectivity index (χ1v) is 12.7. The zero-order valence-electron chi connectivity index (χ0n) is 23.4. The van der Waals surface area contributed by atoms with Crippen molar-refractivity contribution in [3.05, 3.63) is 93.2 Å². The van der Waals surface area contributed by atoms with E-state index in [1.54, 1.807) is 27.2 Å². The molecule has 0 amide bonds. The van der Waals surface area contributed by atoms with E-state index in [0.717, 1.165) is 35.2 Å². The molecular formula is C30H40FN3O3Y-2. The van der Waals surface area contributed by atoms with E-state index in [-0.39, 0.29) is 44.6 Å². The molecule has 0 saturated heterocycles. The fourth-order valence-corrected chi connectivity index (χ4v) is 4.18. The summed E-state index contributed by atoms with van der Waals surface area (Å²) in [6, 6.07) is 14.5. The van der Waals surface area contributed by atoms with E-state index in [9.17, 15) is 4.39 Å². The molecule has 6 nitrogen and oxygen atoms in total. The zero-order valence-corrected chi connectivity index (χ0v) is 26.3. The van der Waals surface area contributed by atoms with Crippen LogP contribution in [0.2, 0.25) is 0 Å². The Bertz CT molecular complexity index is 1140. The maximum atomic E-state index is 13.6. The number of nitrogens with one attached hydrogen (secondary N) is 1. The Labute approximate surface area is 252 Å². The van der Waals surface area contributed by atoms with Gasteiger partial charge in [0.25, 0.3) is 0 Å². The van der Waals surface area contributed by atoms with Crippen LogP contribution in [0.5, 0.6) is 17.2 Å². The molecule has 1 aliphatic rings. The summed E-state index contributed by atoms with van der Waals surface area (Å²) in [7, 11) is 3.25. The third-order valence-electron chi connectivity index (χ3n) is 5.89. The number of fused-ring (bicyclic) bond motifs is 1. The predicted octanol–water partition coefficient (Wildman–Crippen LogP) is 7.46. The monoisotopic (exact) mass is 598 g/mol. The summed E-state index contributed by atoms with van der Waals surface area (Å²) in [4.78, 5) is 0. The minimum Gasteiger partial charge on any atom is -0.678 e. The molecule has 1 heterocycles. The number of rotatable bonds is 7. The molecule has 38 heavy (non-hydrogen) atoms. The molecule has 0 fully saturated rings. The molecule has 1 aliphatic heterocycles. The summed E-state index contributed by atoms with van der Waals surface area (Å²) in [5.41, 5.74) is 18.0. The quantitative estimate of drug-likeness (QED) is 0.286. The van der Waals surface area contributed by atoms with Crippen molar-refractivity contribution in [3.63, 3.8) is 0 Å². The Morgan fingerprint density at radius 3 is 2.29 bits per heavy atom. The summed E-state index contributed by atoms with van der Waals surface area (Å²) in [5.74, 6) is 1.80. The molecule has 4 rings (SSSR count). The van der Waals surface area contributed by atoms with Crippen LogP contribution >= 0.6 is 0 Å². The number of methoxy groups -OCH3 is 2. The number of nitrogens with zero attached hydrogens (tertiary/aromatic N) is 1. The molecule has 8 heteroatoms. The van der Waals surface area contributed by atoms with Gasteiger partial charge in [0.05, 0.1) is 26.5 Å². The second-order valence-electron chi connectivity index (χ2n) is 8.29. The van der Waals surface area contributed by atoms with Gasteiger partial charge in [0.15, 0.2) is 11.5 Å². The van der Waals surface area contributed by atoms with Crippen LogP contribution in [-0.2, 0) is 45.6 Å². The average molecular weight is 599 g/mol. The summed E-state index contributed by atoms with van der Waals surface area (Å²) < 4.78 is 30.7. The minimum atomic E-state index is -0.236. The Balaban J connectivity index is 0.00000112. The van der Waals surface area contributed by atoms with Crippen molar-refractivity contribution in [2.75, 3.05) is 39.6 Å². The van der Waals surface area contributed by atoms with Crippen LogP contribution in [0, 0.1) is 12.7 Å². The van der Waals surface area contributed by atoms with Crippen molar-refractivity contribution in [1.82, 2.24) is 0 Å². The third-order valence-corrected chi connectivity index (χ3v) is 5.89. The largest absolute Gasteiger partial charge is 0.678 e. The second kappa shape index (κ2) is 17.4. The number of ether oxygens (including phenoxy) is 3. The number of nitrogens with two attached hydrogens (primary N) is 1. The molecule has 0 spiro atoms. The van der Waals surface area contributed by atoms with Crippen LogP contribution in [0.25, 0.3) is 11.1 Å². The second-order valence-corrected chi connectivity index (χ2v) is 8.29. The van der Waals surface area contributed by atoms with Gasteiger partial charge in [0.2, 0.25) is 0 Å². The van der Waals surface area contributed by atoms with Crippen LogP contribution in [0.3, 0.4) is 0 Å². The van der Waals surface area contributed by atoms with Gasteiger partial charge in [-0.3, -0.25) is 0 Å². The molecule has 1 radical (unpaired) electrons. The summed E-state index contributed by atoms with van der Waals surface area (Å²) >= 11 is 0. The first-order valence-electron chi connectivity index (χ1n) is 12.7. The number of aryl methyl sites for hydroxylation is 1. The SMILES string of the molecule is CC.CC[NH-].COc1cc(CCOc2cc3c(cc2OC)CC[N-]C3c2ccc(F)cc2C)ccc1N.[Y]. The van der Waals surface area contributed by atoms with Crippen molar-refractivity contribution in [2.24, 2.45) is 0 Å². The maximum Gasteiger partial charge on any atom is 0.161 e. The molecule has 0 bridgehead atoms. The minimum absolute atomic E-state index is 0. The van der Waals surface area contributed by atoms with Crippen molar-refractivity contribution < 1.29 is 51.3 Å². The molecule has 3 N–H and O–H groups in total. The molecule has 1 unspecified atom stereocenters. The molecule has 3 aromatic carbocycles. The fraction of sp³-hybridized carbons (Fsp3) is 0.400. The molecule has 205 valence electrons. The first-order chi connectivity index (χ1) is 17.9. The van der Waals surface area contributed by atoms with E-state index in [2.05, 4.69) is 0 Å². The zero-order chi connectivity index (χ0) is 27.4. The first kappa shape index (κ1) is 33.8. The number of halogens is 1. The van der Waals surface area contributed by atoms with E-state index >= 15 is 0 Å². The molecular weight excluding hydrogens is 558 g/mol.